The molecule has 0 spiro atoms. The number of hydrogen-bond donors (Lipinski definition) is 3. The molecule has 0 aliphatic carbocycles. The van der Waals surface area contributed by atoms with Crippen molar-refractivity contribution in [3.63, 3.8) is 0 Å². The Morgan fingerprint density at radius 1 is 1.11 bits per heavy atom. The van der Waals surface area contributed by atoms with Crippen LogP contribution >= 0.6 is 11.3 Å². The molecule has 0 unspecified atom stereocenters. The summed E-state index contributed by atoms with van der Waals surface area (Å²) < 4.78 is 5.74. The first kappa shape index (κ1) is 40.1. The van der Waals surface area contributed by atoms with Crippen LogP contribution in [0.15, 0.2) is 5.38 Å². The third-order valence-electron chi connectivity index (χ3n) is 9.31. The van der Waals surface area contributed by atoms with Gasteiger partial charge in [-0.15, -0.1) is 11.3 Å². The van der Waals surface area contributed by atoms with E-state index in [1.165, 1.54) is 18.3 Å². The van der Waals surface area contributed by atoms with Gasteiger partial charge in [0.2, 0.25) is 11.8 Å². The summed E-state index contributed by atoms with van der Waals surface area (Å²) in [4.78, 5) is 72.6. The van der Waals surface area contributed by atoms with Crippen LogP contribution in [0.3, 0.4) is 0 Å². The molecule has 47 heavy (non-hydrogen) atoms. The highest BCUT2D eigenvalue weighted by atomic mass is 32.1. The van der Waals surface area contributed by atoms with Crippen molar-refractivity contribution in [2.75, 3.05) is 20.1 Å². The number of nitrogens with one attached hydrogen (secondary N) is 2. The van der Waals surface area contributed by atoms with Gasteiger partial charge in [0.25, 0.3) is 5.91 Å². The smallest absolute Gasteiger partial charge is 0.306 e. The number of carbonyl (C=O) groups excluding carboxylic acids is 4. The van der Waals surface area contributed by atoms with Crippen LogP contribution in [0.5, 0.6) is 0 Å². The summed E-state index contributed by atoms with van der Waals surface area (Å²) in [6, 6.07) is -1.76. The number of thiazole rings is 1. The minimum Gasteiger partial charge on any atom is -0.481 e. The molecule has 1 aromatic rings. The van der Waals surface area contributed by atoms with Gasteiger partial charge in [0.15, 0.2) is 6.10 Å². The van der Waals surface area contributed by atoms with Crippen molar-refractivity contribution >= 4 is 41.0 Å². The second-order valence-electron chi connectivity index (χ2n) is 13.7. The molecular formula is C34H57N5O7S. The SMILES string of the molecule is CC[C@H](C)[C@H](NC(=O)[C@H]1C[C@H](C)CCN1C)C(=O)N(CC)[C@H](C[C@@H](OC(C)=O)c1nc(C(=O)N[C@@H](C)C[C@H](C)C(=O)O)cs1)C(C)C. The molecule has 0 radical (unpaired) electrons. The topological polar surface area (TPSA) is 158 Å². The number of rotatable bonds is 17. The minimum absolute atomic E-state index is 0.0321. The van der Waals surface area contributed by atoms with E-state index < -0.39 is 42.0 Å². The lowest BCUT2D eigenvalue weighted by Crippen LogP contribution is -2.59. The van der Waals surface area contributed by atoms with Crippen LogP contribution in [0.1, 0.15) is 116 Å². The van der Waals surface area contributed by atoms with Gasteiger partial charge in [0, 0.05) is 37.4 Å². The fourth-order valence-corrected chi connectivity index (χ4v) is 6.98. The Balaban J connectivity index is 2.31. The average Bonchev–Trinajstić information content (AvgIpc) is 3.50. The van der Waals surface area contributed by atoms with Crippen molar-refractivity contribution in [1.82, 2.24) is 25.4 Å². The van der Waals surface area contributed by atoms with Gasteiger partial charge in [-0.3, -0.25) is 28.9 Å². The number of aromatic nitrogens is 1. The molecule has 0 saturated carbocycles. The first-order valence-electron chi connectivity index (χ1n) is 17.0. The van der Waals surface area contributed by atoms with E-state index in [0.29, 0.717) is 23.9 Å². The van der Waals surface area contributed by atoms with Crippen LogP contribution in [-0.4, -0.2) is 93.9 Å². The molecule has 2 heterocycles. The van der Waals surface area contributed by atoms with Crippen molar-refractivity contribution in [3.05, 3.63) is 16.1 Å². The number of amides is 3. The third-order valence-corrected chi connectivity index (χ3v) is 10.2. The van der Waals surface area contributed by atoms with E-state index in [0.717, 1.165) is 19.4 Å². The van der Waals surface area contributed by atoms with Crippen LogP contribution in [0, 0.1) is 23.7 Å². The minimum atomic E-state index is -0.935. The number of aliphatic carboxylic acids is 1. The Morgan fingerprint density at radius 2 is 1.77 bits per heavy atom. The fourth-order valence-electron chi connectivity index (χ4n) is 6.14. The molecule has 1 saturated heterocycles. The van der Waals surface area contributed by atoms with Crippen molar-refractivity contribution in [2.45, 2.75) is 125 Å². The van der Waals surface area contributed by atoms with E-state index in [1.807, 2.05) is 41.7 Å². The lowest BCUT2D eigenvalue weighted by atomic mass is 9.90. The first-order valence-corrected chi connectivity index (χ1v) is 17.9. The van der Waals surface area contributed by atoms with Gasteiger partial charge < -0.3 is 25.4 Å². The van der Waals surface area contributed by atoms with Gasteiger partial charge in [0.05, 0.1) is 12.0 Å². The number of carboxylic acid groups (broad SMARTS) is 1. The van der Waals surface area contributed by atoms with Crippen molar-refractivity contribution < 1.29 is 33.8 Å². The zero-order chi connectivity index (χ0) is 35.6. The maximum absolute atomic E-state index is 14.3. The number of piperidine rings is 1. The van der Waals surface area contributed by atoms with E-state index in [9.17, 15) is 29.1 Å². The summed E-state index contributed by atoms with van der Waals surface area (Å²) in [5, 5.41) is 17.1. The van der Waals surface area contributed by atoms with Gasteiger partial charge in [0.1, 0.15) is 16.7 Å². The van der Waals surface area contributed by atoms with Crippen molar-refractivity contribution in [1.29, 1.82) is 0 Å². The maximum atomic E-state index is 14.3. The number of hydrogen-bond acceptors (Lipinski definition) is 9. The predicted octanol–water partition coefficient (Wildman–Crippen LogP) is 4.50. The average molecular weight is 680 g/mol. The molecule has 0 bridgehead atoms. The molecule has 3 N–H and O–H groups in total. The van der Waals surface area contributed by atoms with Crippen LogP contribution in [-0.2, 0) is 23.9 Å². The molecule has 1 fully saturated rings. The third kappa shape index (κ3) is 11.5. The molecule has 1 aliphatic heterocycles. The number of carbonyl (C=O) groups is 5. The Morgan fingerprint density at radius 3 is 2.32 bits per heavy atom. The zero-order valence-corrected chi connectivity index (χ0v) is 30.7. The van der Waals surface area contributed by atoms with Gasteiger partial charge in [-0.1, -0.05) is 48.0 Å². The van der Waals surface area contributed by atoms with Gasteiger partial charge >= 0.3 is 11.9 Å². The summed E-state index contributed by atoms with van der Waals surface area (Å²) in [5.74, 6) is -2.53. The van der Waals surface area contributed by atoms with E-state index in [1.54, 1.807) is 24.1 Å². The molecule has 8 atom stereocenters. The standard InChI is InChI=1S/C34H57N5O7S/c1-11-21(6)29(37-31(42)27-15-20(5)13-14-38(27)10)33(43)39(12-2)26(19(3)4)17-28(46-24(9)40)32-36-25(18-47-32)30(41)35-23(8)16-22(7)34(44)45/h18-23,26-29H,11-17H2,1-10H3,(H,35,41)(H,37,42)(H,44,45)/t20-,21+,22+,23+,26-,27-,28-,29+/m1/s1. The Bertz CT molecular complexity index is 1220. The van der Waals surface area contributed by atoms with Crippen LogP contribution in [0.4, 0.5) is 0 Å². The normalized spacial score (nSPS) is 20.7. The van der Waals surface area contributed by atoms with E-state index in [4.69, 9.17) is 4.74 Å². The molecule has 13 heteroatoms. The van der Waals surface area contributed by atoms with Gasteiger partial charge in [-0.2, -0.15) is 0 Å². The van der Waals surface area contributed by atoms with Crippen LogP contribution in [0.25, 0.3) is 0 Å². The number of nitrogens with zero attached hydrogens (tertiary/aromatic N) is 3. The summed E-state index contributed by atoms with van der Waals surface area (Å²) in [7, 11) is 1.95. The maximum Gasteiger partial charge on any atom is 0.306 e. The molecule has 2 rings (SSSR count). The van der Waals surface area contributed by atoms with E-state index in [-0.39, 0.29) is 54.3 Å². The largest absolute Gasteiger partial charge is 0.481 e. The lowest BCUT2D eigenvalue weighted by Gasteiger charge is -2.40. The van der Waals surface area contributed by atoms with Crippen LogP contribution < -0.4 is 10.6 Å². The van der Waals surface area contributed by atoms with Crippen molar-refractivity contribution in [3.8, 4) is 0 Å². The number of likely N-dealkylation sites (N-methyl/N-ethyl adjacent to an activating group) is 2. The molecular weight excluding hydrogens is 622 g/mol. The monoisotopic (exact) mass is 679 g/mol. The number of likely N-dealkylation sites (tertiary alicyclic amines) is 1. The summed E-state index contributed by atoms with van der Waals surface area (Å²) in [5.41, 5.74) is 0.142. The fraction of sp³-hybridized carbons (Fsp3) is 0.765. The lowest BCUT2D eigenvalue weighted by molar-refractivity contribution is -0.149. The highest BCUT2D eigenvalue weighted by Gasteiger charge is 2.38. The first-order chi connectivity index (χ1) is 22.0. The molecule has 0 aromatic carbocycles. The molecule has 1 aromatic heterocycles. The molecule has 3 amide bonds. The Hall–Kier alpha value is -3.06. The number of esters is 1. The quantitative estimate of drug-likeness (QED) is 0.202. The number of ether oxygens (including phenoxy) is 1. The van der Waals surface area contributed by atoms with Gasteiger partial charge in [-0.25, -0.2) is 4.98 Å². The summed E-state index contributed by atoms with van der Waals surface area (Å²) >= 11 is 1.19. The van der Waals surface area contributed by atoms with E-state index in [2.05, 4.69) is 27.4 Å². The van der Waals surface area contributed by atoms with E-state index >= 15 is 0 Å². The molecule has 12 nitrogen and oxygen atoms in total. The molecule has 1 aliphatic rings. The highest BCUT2D eigenvalue weighted by molar-refractivity contribution is 7.09. The van der Waals surface area contributed by atoms with Crippen molar-refractivity contribution in [2.24, 2.45) is 23.7 Å². The second-order valence-corrected chi connectivity index (χ2v) is 14.6. The summed E-state index contributed by atoms with van der Waals surface area (Å²) in [6.07, 6.45) is 2.18. The van der Waals surface area contributed by atoms with Gasteiger partial charge in [-0.05, 0) is 64.5 Å². The Kier molecular flexibility index (Phi) is 15.8. The predicted molar refractivity (Wildman–Crippen MR) is 182 cm³/mol. The van der Waals surface area contributed by atoms with Crippen LogP contribution in [0.2, 0.25) is 0 Å². The zero-order valence-electron chi connectivity index (χ0n) is 29.9. The Labute approximate surface area is 284 Å². The molecule has 266 valence electrons. The second kappa shape index (κ2) is 18.5. The number of carboxylic acids is 1. The highest BCUT2D eigenvalue weighted by Crippen LogP contribution is 2.31. The summed E-state index contributed by atoms with van der Waals surface area (Å²) in [6.45, 7) is 17.9.